The van der Waals surface area contributed by atoms with Gasteiger partial charge in [0.15, 0.2) is 5.82 Å². The first-order valence-electron chi connectivity index (χ1n) is 7.99. The maximum absolute atomic E-state index is 12.4. The molecule has 6 heteroatoms. The summed E-state index contributed by atoms with van der Waals surface area (Å²) >= 11 is 0. The average Bonchev–Trinajstić information content (AvgIpc) is 3.23. The molecule has 21 heavy (non-hydrogen) atoms. The zero-order valence-corrected chi connectivity index (χ0v) is 12.8. The van der Waals surface area contributed by atoms with Crippen molar-refractivity contribution in [2.45, 2.75) is 51.5 Å². The second-order valence-corrected chi connectivity index (χ2v) is 6.54. The molecule has 3 rings (SSSR count). The average molecular weight is 292 g/mol. The van der Waals surface area contributed by atoms with Gasteiger partial charge in [-0.1, -0.05) is 19.0 Å². The quantitative estimate of drug-likeness (QED) is 0.864. The summed E-state index contributed by atoms with van der Waals surface area (Å²) in [4.78, 5) is 16.9. The van der Waals surface area contributed by atoms with Crippen LogP contribution in [0, 0.1) is 11.8 Å². The molecule has 1 aromatic heterocycles. The topological polar surface area (TPSA) is 80.0 Å². The number of carbonyl (C=O) groups is 1. The van der Waals surface area contributed by atoms with Crippen LogP contribution in [0.1, 0.15) is 63.2 Å². The van der Waals surface area contributed by atoms with Gasteiger partial charge in [0, 0.05) is 12.5 Å². The third-order valence-corrected chi connectivity index (χ3v) is 4.30. The number of nitrogens with one attached hydrogen (secondary N) is 2. The van der Waals surface area contributed by atoms with Gasteiger partial charge in [0.1, 0.15) is 6.04 Å². The van der Waals surface area contributed by atoms with Crippen molar-refractivity contribution in [3.63, 3.8) is 0 Å². The summed E-state index contributed by atoms with van der Waals surface area (Å²) in [7, 11) is 0. The molecule has 1 aliphatic heterocycles. The highest BCUT2D eigenvalue weighted by Crippen LogP contribution is 2.38. The Morgan fingerprint density at radius 2 is 2.19 bits per heavy atom. The Kier molecular flexibility index (Phi) is 4.24. The minimum atomic E-state index is -0.195. The standard InChI is InChI=1S/C15H24N4O2/c1-9(2)12(15-18-13(19-21-15)10-5-6-10)17-14(20)11-4-3-7-16-8-11/h9-12,16H,3-8H2,1-2H3,(H,17,20). The number of carbonyl (C=O) groups excluding carboxylic acids is 1. The predicted octanol–water partition coefficient (Wildman–Crippen LogP) is 1.76. The van der Waals surface area contributed by atoms with Gasteiger partial charge in [-0.05, 0) is 38.1 Å². The lowest BCUT2D eigenvalue weighted by Gasteiger charge is -2.25. The third kappa shape index (κ3) is 3.43. The molecule has 1 aliphatic carbocycles. The first-order chi connectivity index (χ1) is 10.1. The maximum atomic E-state index is 12.4. The highest BCUT2D eigenvalue weighted by molar-refractivity contribution is 5.79. The van der Waals surface area contributed by atoms with Crippen molar-refractivity contribution in [2.24, 2.45) is 11.8 Å². The number of amides is 1. The Balaban J connectivity index is 1.66. The van der Waals surface area contributed by atoms with Gasteiger partial charge in [-0.15, -0.1) is 0 Å². The molecule has 0 radical (unpaired) electrons. The summed E-state index contributed by atoms with van der Waals surface area (Å²) in [5.41, 5.74) is 0. The van der Waals surface area contributed by atoms with E-state index in [1.54, 1.807) is 0 Å². The largest absolute Gasteiger partial charge is 0.344 e. The Morgan fingerprint density at radius 1 is 1.38 bits per heavy atom. The van der Waals surface area contributed by atoms with E-state index in [4.69, 9.17) is 4.52 Å². The fourth-order valence-electron chi connectivity index (χ4n) is 2.74. The molecule has 1 amide bonds. The number of hydrogen-bond acceptors (Lipinski definition) is 5. The van der Waals surface area contributed by atoms with E-state index in [9.17, 15) is 4.79 Å². The van der Waals surface area contributed by atoms with Crippen molar-refractivity contribution >= 4 is 5.91 Å². The molecule has 2 fully saturated rings. The number of rotatable bonds is 5. The molecule has 1 saturated heterocycles. The van der Waals surface area contributed by atoms with Crippen LogP contribution in [0.25, 0.3) is 0 Å². The number of nitrogens with zero attached hydrogens (tertiary/aromatic N) is 2. The normalized spacial score (nSPS) is 24.0. The smallest absolute Gasteiger partial charge is 0.249 e. The summed E-state index contributed by atoms with van der Waals surface area (Å²) in [5.74, 6) is 2.16. The van der Waals surface area contributed by atoms with Crippen LogP contribution in [0.5, 0.6) is 0 Å². The van der Waals surface area contributed by atoms with Crippen LogP contribution in [-0.2, 0) is 4.79 Å². The van der Waals surface area contributed by atoms with Crippen molar-refractivity contribution < 1.29 is 9.32 Å². The molecular weight excluding hydrogens is 268 g/mol. The van der Waals surface area contributed by atoms with E-state index in [1.807, 2.05) is 0 Å². The molecule has 2 atom stereocenters. The lowest BCUT2D eigenvalue weighted by Crippen LogP contribution is -2.42. The van der Waals surface area contributed by atoms with Crippen LogP contribution in [0.4, 0.5) is 0 Å². The van der Waals surface area contributed by atoms with Crippen LogP contribution in [0.3, 0.4) is 0 Å². The van der Waals surface area contributed by atoms with Gasteiger partial charge < -0.3 is 15.2 Å². The molecule has 1 saturated carbocycles. The molecule has 0 spiro atoms. The van der Waals surface area contributed by atoms with Crippen molar-refractivity contribution in [2.75, 3.05) is 13.1 Å². The van der Waals surface area contributed by atoms with E-state index in [0.717, 1.165) is 44.6 Å². The van der Waals surface area contributed by atoms with E-state index >= 15 is 0 Å². The van der Waals surface area contributed by atoms with E-state index in [-0.39, 0.29) is 23.8 Å². The predicted molar refractivity (Wildman–Crippen MR) is 77.6 cm³/mol. The number of aromatic nitrogens is 2. The summed E-state index contributed by atoms with van der Waals surface area (Å²) in [5, 5.41) is 10.4. The highest BCUT2D eigenvalue weighted by atomic mass is 16.5. The molecular formula is C15H24N4O2. The van der Waals surface area contributed by atoms with Crippen LogP contribution in [0.2, 0.25) is 0 Å². The fraction of sp³-hybridized carbons (Fsp3) is 0.800. The molecule has 2 heterocycles. The fourth-order valence-corrected chi connectivity index (χ4v) is 2.74. The van der Waals surface area contributed by atoms with Crippen LogP contribution >= 0.6 is 0 Å². The molecule has 2 N–H and O–H groups in total. The molecule has 1 aromatic rings. The number of hydrogen-bond donors (Lipinski definition) is 2. The van der Waals surface area contributed by atoms with Gasteiger partial charge in [0.05, 0.1) is 5.92 Å². The van der Waals surface area contributed by atoms with Crippen molar-refractivity contribution in [1.29, 1.82) is 0 Å². The maximum Gasteiger partial charge on any atom is 0.249 e. The number of piperidine rings is 1. The van der Waals surface area contributed by atoms with E-state index in [0.29, 0.717) is 11.8 Å². The molecule has 2 aliphatic rings. The Hall–Kier alpha value is -1.43. The Labute approximate surface area is 125 Å². The minimum absolute atomic E-state index is 0.0471. The first-order valence-corrected chi connectivity index (χ1v) is 7.99. The van der Waals surface area contributed by atoms with Gasteiger partial charge >= 0.3 is 0 Å². The molecule has 116 valence electrons. The Bertz CT molecular complexity index is 490. The first kappa shape index (κ1) is 14.5. The van der Waals surface area contributed by atoms with Gasteiger partial charge in [0.25, 0.3) is 0 Å². The van der Waals surface area contributed by atoms with E-state index in [1.165, 1.54) is 0 Å². The Morgan fingerprint density at radius 3 is 2.81 bits per heavy atom. The second kappa shape index (κ2) is 6.13. The minimum Gasteiger partial charge on any atom is -0.344 e. The van der Waals surface area contributed by atoms with Crippen LogP contribution in [0.15, 0.2) is 4.52 Å². The highest BCUT2D eigenvalue weighted by Gasteiger charge is 2.32. The van der Waals surface area contributed by atoms with Gasteiger partial charge in [-0.25, -0.2) is 0 Å². The van der Waals surface area contributed by atoms with Gasteiger partial charge in [-0.3, -0.25) is 4.79 Å². The molecule has 0 aromatic carbocycles. The summed E-state index contributed by atoms with van der Waals surface area (Å²) in [6.07, 6.45) is 4.29. The van der Waals surface area contributed by atoms with E-state index in [2.05, 4.69) is 34.6 Å². The van der Waals surface area contributed by atoms with Crippen molar-refractivity contribution in [3.8, 4) is 0 Å². The van der Waals surface area contributed by atoms with E-state index < -0.39 is 0 Å². The van der Waals surface area contributed by atoms with Gasteiger partial charge in [0.2, 0.25) is 11.8 Å². The molecule has 6 nitrogen and oxygen atoms in total. The second-order valence-electron chi connectivity index (χ2n) is 6.54. The SMILES string of the molecule is CC(C)C(NC(=O)C1CCCNC1)c1nc(C2CC2)no1. The molecule has 2 unspecified atom stereocenters. The molecule has 0 bridgehead atoms. The van der Waals surface area contributed by atoms with Crippen molar-refractivity contribution in [3.05, 3.63) is 11.7 Å². The zero-order chi connectivity index (χ0) is 14.8. The lowest BCUT2D eigenvalue weighted by molar-refractivity contribution is -0.126. The monoisotopic (exact) mass is 292 g/mol. The summed E-state index contributed by atoms with van der Waals surface area (Å²) in [6, 6.07) is -0.195. The van der Waals surface area contributed by atoms with Crippen molar-refractivity contribution in [1.82, 2.24) is 20.8 Å². The van der Waals surface area contributed by atoms with Gasteiger partial charge in [-0.2, -0.15) is 4.98 Å². The van der Waals surface area contributed by atoms with Crippen LogP contribution in [-0.4, -0.2) is 29.1 Å². The van der Waals surface area contributed by atoms with Crippen LogP contribution < -0.4 is 10.6 Å². The summed E-state index contributed by atoms with van der Waals surface area (Å²) in [6.45, 7) is 5.88. The summed E-state index contributed by atoms with van der Waals surface area (Å²) < 4.78 is 5.39. The zero-order valence-electron chi connectivity index (χ0n) is 12.8. The third-order valence-electron chi connectivity index (χ3n) is 4.30. The lowest BCUT2D eigenvalue weighted by atomic mass is 9.97.